The molecule has 132 valence electrons. The summed E-state index contributed by atoms with van der Waals surface area (Å²) in [5.41, 5.74) is 1.33. The Morgan fingerprint density at radius 2 is 1.70 bits per heavy atom. The van der Waals surface area contributed by atoms with Crippen molar-refractivity contribution < 1.29 is 4.79 Å². The molecule has 1 aliphatic heterocycles. The molecular weight excluding hydrogens is 286 g/mol. The first-order chi connectivity index (χ1) is 10.9. The van der Waals surface area contributed by atoms with Crippen molar-refractivity contribution in [2.24, 2.45) is 0 Å². The van der Waals surface area contributed by atoms with E-state index < -0.39 is 0 Å². The standard InChI is InChI=1S/C15H23N3O.2C2H6/c1-5-17-8-9-18(11-14(17)19)13-7-6-12(10-16-13)15(2,3)4;2*1-2/h6-7,10H,5,8-9,11H2,1-4H3;2*1-2H3. The topological polar surface area (TPSA) is 36.4 Å². The molecule has 1 aromatic heterocycles. The lowest BCUT2D eigenvalue weighted by atomic mass is 9.88. The molecule has 0 N–H and O–H groups in total. The Labute approximate surface area is 142 Å². The van der Waals surface area contributed by atoms with Gasteiger partial charge in [0.15, 0.2) is 0 Å². The summed E-state index contributed by atoms with van der Waals surface area (Å²) in [6.07, 6.45) is 1.92. The van der Waals surface area contributed by atoms with Crippen LogP contribution in [0.4, 0.5) is 5.82 Å². The second-order valence-electron chi connectivity index (χ2n) is 6.05. The van der Waals surface area contributed by atoms with E-state index in [0.717, 1.165) is 25.5 Å². The number of carbonyl (C=O) groups is 1. The van der Waals surface area contributed by atoms with Crippen molar-refractivity contribution in [3.05, 3.63) is 23.9 Å². The molecule has 1 aromatic rings. The highest BCUT2D eigenvalue weighted by molar-refractivity contribution is 5.82. The van der Waals surface area contributed by atoms with E-state index in [1.54, 1.807) is 0 Å². The SMILES string of the molecule is CC.CC.CCN1CCN(c2ccc(C(C)(C)C)cn2)CC1=O. The van der Waals surface area contributed by atoms with Crippen molar-refractivity contribution >= 4 is 11.7 Å². The van der Waals surface area contributed by atoms with Crippen LogP contribution >= 0.6 is 0 Å². The summed E-state index contributed by atoms with van der Waals surface area (Å²) in [5.74, 6) is 1.09. The van der Waals surface area contributed by atoms with Gasteiger partial charge in [0, 0.05) is 25.8 Å². The first-order valence-electron chi connectivity index (χ1n) is 8.91. The van der Waals surface area contributed by atoms with Gasteiger partial charge in [-0.1, -0.05) is 54.5 Å². The highest BCUT2D eigenvalue weighted by Crippen LogP contribution is 2.23. The second kappa shape index (κ2) is 10.2. The molecule has 0 aromatic carbocycles. The van der Waals surface area contributed by atoms with Crippen LogP contribution in [0.3, 0.4) is 0 Å². The van der Waals surface area contributed by atoms with E-state index >= 15 is 0 Å². The highest BCUT2D eigenvalue weighted by atomic mass is 16.2. The molecule has 0 aliphatic carbocycles. The molecule has 4 heteroatoms. The third-order valence-electron chi connectivity index (χ3n) is 3.64. The van der Waals surface area contributed by atoms with Crippen LogP contribution in [0.15, 0.2) is 18.3 Å². The monoisotopic (exact) mass is 321 g/mol. The Hall–Kier alpha value is -1.58. The first-order valence-corrected chi connectivity index (χ1v) is 8.91. The van der Waals surface area contributed by atoms with E-state index in [-0.39, 0.29) is 11.3 Å². The van der Waals surface area contributed by atoms with Crippen LogP contribution in [0.5, 0.6) is 0 Å². The van der Waals surface area contributed by atoms with E-state index in [4.69, 9.17) is 0 Å². The molecule has 0 bridgehead atoms. The van der Waals surface area contributed by atoms with Crippen LogP contribution < -0.4 is 4.90 Å². The maximum absolute atomic E-state index is 11.9. The van der Waals surface area contributed by atoms with Gasteiger partial charge in [0.05, 0.1) is 6.54 Å². The largest absolute Gasteiger partial charge is 0.346 e. The summed E-state index contributed by atoms with van der Waals surface area (Å²) < 4.78 is 0. The third-order valence-corrected chi connectivity index (χ3v) is 3.64. The summed E-state index contributed by atoms with van der Waals surface area (Å²) in [6, 6.07) is 4.13. The molecule has 0 atom stereocenters. The Morgan fingerprint density at radius 3 is 2.09 bits per heavy atom. The molecule has 23 heavy (non-hydrogen) atoms. The molecule has 1 saturated heterocycles. The van der Waals surface area contributed by atoms with Gasteiger partial charge in [-0.3, -0.25) is 4.79 Å². The summed E-state index contributed by atoms with van der Waals surface area (Å²) in [6.45, 7) is 19.4. The zero-order valence-electron chi connectivity index (χ0n) is 16.3. The molecule has 0 radical (unpaired) electrons. The smallest absolute Gasteiger partial charge is 0.242 e. The molecule has 4 nitrogen and oxygen atoms in total. The molecule has 2 heterocycles. The Morgan fingerprint density at radius 1 is 1.09 bits per heavy atom. The van der Waals surface area contributed by atoms with E-state index in [0.29, 0.717) is 6.54 Å². The number of aromatic nitrogens is 1. The molecule has 0 saturated carbocycles. The summed E-state index contributed by atoms with van der Waals surface area (Å²) in [7, 11) is 0. The minimum absolute atomic E-state index is 0.113. The number of carbonyl (C=O) groups excluding carboxylic acids is 1. The van der Waals surface area contributed by atoms with Crippen LogP contribution in [0.2, 0.25) is 0 Å². The molecule has 1 aliphatic rings. The predicted octanol–water partition coefficient (Wildman–Crippen LogP) is 4.10. The number of pyridine rings is 1. The van der Waals surface area contributed by atoms with E-state index in [9.17, 15) is 4.79 Å². The zero-order valence-corrected chi connectivity index (χ0v) is 16.3. The molecular formula is C19H35N3O. The third kappa shape index (κ3) is 6.20. The lowest BCUT2D eigenvalue weighted by molar-refractivity contribution is -0.130. The van der Waals surface area contributed by atoms with E-state index in [1.807, 2.05) is 51.8 Å². The van der Waals surface area contributed by atoms with Gasteiger partial charge in [0.1, 0.15) is 5.82 Å². The minimum atomic E-state index is 0.113. The minimum Gasteiger partial charge on any atom is -0.346 e. The number of rotatable bonds is 2. The normalized spacial score (nSPS) is 14.5. The Kier molecular flexibility index (Phi) is 9.54. The fourth-order valence-corrected chi connectivity index (χ4v) is 2.26. The maximum Gasteiger partial charge on any atom is 0.242 e. The van der Waals surface area contributed by atoms with Gasteiger partial charge in [-0.2, -0.15) is 0 Å². The van der Waals surface area contributed by atoms with Crippen LogP contribution in [-0.2, 0) is 10.2 Å². The van der Waals surface area contributed by atoms with Crippen molar-refractivity contribution in [1.29, 1.82) is 0 Å². The lowest BCUT2D eigenvalue weighted by Crippen LogP contribution is -2.50. The van der Waals surface area contributed by atoms with Gasteiger partial charge < -0.3 is 9.80 Å². The van der Waals surface area contributed by atoms with Gasteiger partial charge in [-0.05, 0) is 24.0 Å². The van der Waals surface area contributed by atoms with Gasteiger partial charge >= 0.3 is 0 Å². The molecule has 1 fully saturated rings. The Bertz CT molecular complexity index is 449. The second-order valence-corrected chi connectivity index (χ2v) is 6.05. The maximum atomic E-state index is 11.9. The molecule has 1 amide bonds. The zero-order chi connectivity index (χ0) is 18.0. The van der Waals surface area contributed by atoms with Crippen molar-refractivity contribution in [1.82, 2.24) is 9.88 Å². The summed E-state index contributed by atoms with van der Waals surface area (Å²) in [5, 5.41) is 0. The summed E-state index contributed by atoms with van der Waals surface area (Å²) in [4.78, 5) is 20.3. The quantitative estimate of drug-likeness (QED) is 0.823. The van der Waals surface area contributed by atoms with E-state index in [1.165, 1.54) is 5.56 Å². The number of piperazine rings is 1. The van der Waals surface area contributed by atoms with Crippen molar-refractivity contribution in [3.8, 4) is 0 Å². The van der Waals surface area contributed by atoms with E-state index in [2.05, 4.69) is 36.7 Å². The highest BCUT2D eigenvalue weighted by Gasteiger charge is 2.23. The van der Waals surface area contributed by atoms with Gasteiger partial charge in [0.25, 0.3) is 0 Å². The van der Waals surface area contributed by atoms with Gasteiger partial charge in [-0.15, -0.1) is 0 Å². The van der Waals surface area contributed by atoms with Gasteiger partial charge in [0.2, 0.25) is 5.91 Å². The van der Waals surface area contributed by atoms with Crippen molar-refractivity contribution in [2.45, 2.75) is 60.8 Å². The average molecular weight is 322 g/mol. The number of nitrogens with zero attached hydrogens (tertiary/aromatic N) is 3. The number of amides is 1. The summed E-state index contributed by atoms with van der Waals surface area (Å²) >= 11 is 0. The number of hydrogen-bond acceptors (Lipinski definition) is 3. The van der Waals surface area contributed by atoms with Crippen molar-refractivity contribution in [3.63, 3.8) is 0 Å². The first kappa shape index (κ1) is 21.4. The molecule has 2 rings (SSSR count). The van der Waals surface area contributed by atoms with Gasteiger partial charge in [-0.25, -0.2) is 4.98 Å². The predicted molar refractivity (Wildman–Crippen MR) is 100 cm³/mol. The fraction of sp³-hybridized carbons (Fsp3) is 0.684. The van der Waals surface area contributed by atoms with Crippen LogP contribution in [0, 0.1) is 0 Å². The lowest BCUT2D eigenvalue weighted by Gasteiger charge is -2.34. The van der Waals surface area contributed by atoms with Crippen molar-refractivity contribution in [2.75, 3.05) is 31.1 Å². The Balaban J connectivity index is 0.00000112. The number of likely N-dealkylation sites (N-methyl/N-ethyl adjacent to an activating group) is 1. The number of hydrogen-bond donors (Lipinski definition) is 0. The van der Waals surface area contributed by atoms with Crippen LogP contribution in [0.25, 0.3) is 0 Å². The van der Waals surface area contributed by atoms with Crippen LogP contribution in [-0.4, -0.2) is 42.0 Å². The molecule has 0 unspecified atom stereocenters. The number of anilines is 1. The average Bonchev–Trinajstić information content (AvgIpc) is 2.58. The fourth-order valence-electron chi connectivity index (χ4n) is 2.26. The van der Waals surface area contributed by atoms with Crippen LogP contribution in [0.1, 0.15) is 61.0 Å². The molecule has 0 spiro atoms.